The summed E-state index contributed by atoms with van der Waals surface area (Å²) in [6, 6.07) is -0.0954. The van der Waals surface area contributed by atoms with E-state index in [0.29, 0.717) is 31.7 Å². The fourth-order valence-corrected chi connectivity index (χ4v) is 8.09. The van der Waals surface area contributed by atoms with E-state index in [9.17, 15) is 14.4 Å². The van der Waals surface area contributed by atoms with Gasteiger partial charge < -0.3 is 23.7 Å². The van der Waals surface area contributed by atoms with Gasteiger partial charge in [0.25, 0.3) is 0 Å². The number of thiazole rings is 1. The first kappa shape index (κ1) is 31.3. The van der Waals surface area contributed by atoms with Gasteiger partial charge in [0.15, 0.2) is 12.7 Å². The number of fused-ring (bicyclic) bond motifs is 1. The third-order valence-corrected chi connectivity index (χ3v) is 10.6. The maximum Gasteiger partial charge on any atom is 0.410 e. The summed E-state index contributed by atoms with van der Waals surface area (Å²) in [4.78, 5) is 47.9. The van der Waals surface area contributed by atoms with E-state index in [0.717, 1.165) is 20.5 Å². The smallest absolute Gasteiger partial charge is 0.410 e. The zero-order chi connectivity index (χ0) is 29.9. The summed E-state index contributed by atoms with van der Waals surface area (Å²) in [5.74, 6) is -0.846. The highest BCUT2D eigenvalue weighted by Crippen LogP contribution is 2.52. The first-order valence-corrected chi connectivity index (χ1v) is 18.9. The molecule has 3 aliphatic rings. The zero-order valence-corrected chi connectivity index (χ0v) is 27.0. The van der Waals surface area contributed by atoms with Crippen LogP contribution in [0.3, 0.4) is 0 Å². The molecular weight excluding hydrogens is 579 g/mol. The Labute approximate surface area is 251 Å². The lowest BCUT2D eigenvalue weighted by Gasteiger charge is -2.45. The molecule has 41 heavy (non-hydrogen) atoms. The molecule has 1 fully saturated rings. The molecule has 0 aromatic carbocycles. The molecule has 3 aliphatic heterocycles. The van der Waals surface area contributed by atoms with Crippen LogP contribution in [0.1, 0.15) is 32.4 Å². The molecule has 9 nitrogen and oxygen atoms in total. The fraction of sp³-hybridized carbons (Fsp3) is 0.517. The number of carbonyl (C=O) groups is 3. The number of ether oxygens (including phenoxy) is 2. The van der Waals surface area contributed by atoms with Crippen molar-refractivity contribution in [3.05, 3.63) is 53.1 Å². The maximum absolute atomic E-state index is 13.3. The minimum absolute atomic E-state index is 0.0170. The third kappa shape index (κ3) is 6.87. The van der Waals surface area contributed by atoms with Gasteiger partial charge in [-0.05, 0) is 45.0 Å². The number of hydrogen-bond donors (Lipinski definition) is 0. The summed E-state index contributed by atoms with van der Waals surface area (Å²) in [5, 5.41) is 1.96. The molecule has 12 heteroatoms. The Balaban J connectivity index is 1.52. The molecule has 4 atom stereocenters. The Morgan fingerprint density at radius 3 is 2.59 bits per heavy atom. The van der Waals surface area contributed by atoms with Crippen LogP contribution in [-0.2, 0) is 23.5 Å². The molecule has 2 amide bonds. The number of hydrogen-bond acceptors (Lipinski definition) is 9. The van der Waals surface area contributed by atoms with E-state index in [4.69, 9.17) is 18.9 Å². The second kappa shape index (κ2) is 13.1. The van der Waals surface area contributed by atoms with Crippen molar-refractivity contribution < 1.29 is 28.3 Å². The van der Waals surface area contributed by atoms with Gasteiger partial charge in [0.2, 0.25) is 5.91 Å². The average molecular weight is 618 g/mol. The van der Waals surface area contributed by atoms with Crippen molar-refractivity contribution in [2.45, 2.75) is 62.8 Å². The molecule has 0 spiro atoms. The number of esters is 1. The quantitative estimate of drug-likeness (QED) is 0.128. The van der Waals surface area contributed by atoms with Crippen molar-refractivity contribution in [2.75, 3.05) is 26.4 Å². The number of thioether (sulfide) groups is 1. The Bertz CT molecular complexity index is 1270. The topological polar surface area (TPSA) is 98.3 Å². The second-order valence-corrected chi connectivity index (χ2v) is 18.0. The number of rotatable bonds is 12. The van der Waals surface area contributed by atoms with Gasteiger partial charge in [-0.1, -0.05) is 50.1 Å². The Morgan fingerprint density at radius 1 is 1.20 bits per heavy atom. The lowest BCUT2D eigenvalue weighted by molar-refractivity contribution is -0.158. The highest BCUT2D eigenvalue weighted by molar-refractivity contribution is 8.04. The third-order valence-electron chi connectivity index (χ3n) is 7.30. The van der Waals surface area contributed by atoms with Gasteiger partial charge in [-0.25, -0.2) is 14.6 Å². The molecule has 0 N–H and O–H groups in total. The lowest BCUT2D eigenvalue weighted by Crippen LogP contribution is -2.60. The minimum Gasteiger partial charge on any atom is -0.457 e. The largest absolute Gasteiger partial charge is 0.457 e. The monoisotopic (exact) mass is 617 g/mol. The van der Waals surface area contributed by atoms with Gasteiger partial charge in [0.1, 0.15) is 18.9 Å². The summed E-state index contributed by atoms with van der Waals surface area (Å²) in [7, 11) is -1.70. The maximum atomic E-state index is 13.3. The van der Waals surface area contributed by atoms with Crippen LogP contribution in [0.5, 0.6) is 0 Å². The predicted octanol–water partition coefficient (Wildman–Crippen LogP) is 5.69. The molecule has 1 unspecified atom stereocenters. The van der Waals surface area contributed by atoms with Crippen molar-refractivity contribution >= 4 is 55.0 Å². The molecular formula is C29H39N3O6S2Si. The second-order valence-electron chi connectivity index (χ2n) is 11.4. The first-order chi connectivity index (χ1) is 19.5. The highest BCUT2D eigenvalue weighted by atomic mass is 32.2. The van der Waals surface area contributed by atoms with E-state index in [1.807, 2.05) is 12.3 Å². The first-order valence-electron chi connectivity index (χ1n) is 13.8. The lowest BCUT2D eigenvalue weighted by atomic mass is 9.80. The van der Waals surface area contributed by atoms with Crippen LogP contribution in [0, 0.1) is 11.8 Å². The van der Waals surface area contributed by atoms with Gasteiger partial charge >= 0.3 is 12.1 Å². The summed E-state index contributed by atoms with van der Waals surface area (Å²) in [6.07, 6.45) is 6.12. The standard InChI is InChI=1S/C29H39N3O6S2Si/c1-8-13-36-27(34)24-25(19(4)23-21(26(33)32(23)24)12-15-38-41(5,6)7)40-28-30-22(17-39-28)20-11-10-18(3)31(16-20)29(35)37-14-9-2/h8-9,11,17-19,21,23H,1-2,10,12-16H2,3-7H3/t18?,19-,21+,23-/m1/s1. The van der Waals surface area contributed by atoms with Crippen LogP contribution < -0.4 is 0 Å². The predicted molar refractivity (Wildman–Crippen MR) is 164 cm³/mol. The summed E-state index contributed by atoms with van der Waals surface area (Å²) in [5.41, 5.74) is 2.04. The molecule has 222 valence electrons. The molecule has 0 aliphatic carbocycles. The van der Waals surface area contributed by atoms with Crippen molar-refractivity contribution in [3.63, 3.8) is 0 Å². The Kier molecular flexibility index (Phi) is 9.99. The fourth-order valence-electron chi connectivity index (χ4n) is 5.25. The van der Waals surface area contributed by atoms with Gasteiger partial charge in [0.05, 0.1) is 24.2 Å². The Hall–Kier alpha value is -2.67. The van der Waals surface area contributed by atoms with Gasteiger partial charge in [0, 0.05) is 28.9 Å². The van der Waals surface area contributed by atoms with Crippen LogP contribution in [0.4, 0.5) is 4.79 Å². The van der Waals surface area contributed by atoms with Crippen molar-refractivity contribution in [3.8, 4) is 0 Å². The zero-order valence-electron chi connectivity index (χ0n) is 24.4. The van der Waals surface area contributed by atoms with E-state index < -0.39 is 14.3 Å². The number of aromatic nitrogens is 1. The molecule has 0 saturated carbocycles. The molecule has 0 bridgehead atoms. The van der Waals surface area contributed by atoms with Crippen LogP contribution in [0.15, 0.2) is 51.7 Å². The average Bonchev–Trinajstić information content (AvgIpc) is 3.49. The molecule has 1 saturated heterocycles. The Morgan fingerprint density at radius 2 is 1.90 bits per heavy atom. The minimum atomic E-state index is -1.70. The normalized spacial score (nSPS) is 24.0. The summed E-state index contributed by atoms with van der Waals surface area (Å²) in [6.45, 7) is 18.8. The molecule has 0 radical (unpaired) electrons. The van der Waals surface area contributed by atoms with Crippen LogP contribution in [0.25, 0.3) is 5.57 Å². The molecule has 1 aromatic rings. The van der Waals surface area contributed by atoms with E-state index in [1.165, 1.54) is 29.2 Å². The van der Waals surface area contributed by atoms with Gasteiger partial charge in [-0.3, -0.25) is 4.79 Å². The summed E-state index contributed by atoms with van der Waals surface area (Å²) < 4.78 is 17.4. The van der Waals surface area contributed by atoms with Gasteiger partial charge in [-0.15, -0.1) is 11.3 Å². The number of nitrogens with zero attached hydrogens (tertiary/aromatic N) is 3. The number of carbonyl (C=O) groups excluding carboxylic acids is 3. The van der Waals surface area contributed by atoms with E-state index in [-0.39, 0.29) is 49.1 Å². The summed E-state index contributed by atoms with van der Waals surface area (Å²) >= 11 is 2.88. The van der Waals surface area contributed by atoms with Gasteiger partial charge in [-0.2, -0.15) is 0 Å². The van der Waals surface area contributed by atoms with Crippen molar-refractivity contribution in [1.29, 1.82) is 0 Å². The molecule has 4 heterocycles. The van der Waals surface area contributed by atoms with Crippen LogP contribution >= 0.6 is 23.1 Å². The number of β-lactam (4-membered cyclic amide) rings is 1. The molecule has 1 aromatic heterocycles. The van der Waals surface area contributed by atoms with Crippen molar-refractivity contribution in [1.82, 2.24) is 14.8 Å². The molecule has 4 rings (SSSR count). The number of amides is 2. The van der Waals surface area contributed by atoms with E-state index >= 15 is 0 Å². The van der Waals surface area contributed by atoms with E-state index in [1.54, 1.807) is 15.9 Å². The van der Waals surface area contributed by atoms with Crippen molar-refractivity contribution in [2.24, 2.45) is 11.8 Å². The highest BCUT2D eigenvalue weighted by Gasteiger charge is 2.58. The van der Waals surface area contributed by atoms with Crippen LogP contribution in [0.2, 0.25) is 19.6 Å². The SMILES string of the molecule is C=CCOC(=O)C1=C(Sc2nc(C3=CCC(C)N(C(=O)OCC=C)C3)cs2)[C@H](C)[C@@H]2[C@H](CCO[Si](C)(C)C)C(=O)N12. The van der Waals surface area contributed by atoms with Crippen LogP contribution in [-0.4, -0.2) is 79.5 Å². The van der Waals surface area contributed by atoms with E-state index in [2.05, 4.69) is 45.8 Å².